The zero-order valence-electron chi connectivity index (χ0n) is 19.6. The van der Waals surface area contributed by atoms with Crippen molar-refractivity contribution in [2.24, 2.45) is 5.92 Å². The fraction of sp³-hybridized carbons (Fsp3) is 0.478. The number of hydrogen-bond acceptors (Lipinski definition) is 5. The first-order chi connectivity index (χ1) is 16.5. The van der Waals surface area contributed by atoms with Crippen molar-refractivity contribution in [3.05, 3.63) is 46.5 Å². The first-order valence-electron chi connectivity index (χ1n) is 11.1. The molecule has 0 aliphatic heterocycles. The van der Waals surface area contributed by atoms with Crippen molar-refractivity contribution in [1.82, 2.24) is 20.6 Å². The minimum absolute atomic E-state index is 0.00391. The topological polar surface area (TPSA) is 125 Å². The van der Waals surface area contributed by atoms with E-state index in [1.165, 1.54) is 13.4 Å². The van der Waals surface area contributed by atoms with Gasteiger partial charge in [-0.05, 0) is 45.6 Å². The molecule has 190 valence electrons. The highest BCUT2D eigenvalue weighted by Crippen LogP contribution is 2.29. The SMILES string of the molecule is COC(C)(C)CNC(=O)c1[nH]cnc1C(=O)NC1CCC(C(=O)Nc2cc(F)c(F)cc2Cl)CC1. The van der Waals surface area contributed by atoms with Crippen molar-refractivity contribution >= 4 is 35.0 Å². The van der Waals surface area contributed by atoms with E-state index in [9.17, 15) is 23.2 Å². The maximum Gasteiger partial charge on any atom is 0.272 e. The van der Waals surface area contributed by atoms with E-state index in [4.69, 9.17) is 16.3 Å². The summed E-state index contributed by atoms with van der Waals surface area (Å²) in [6.07, 6.45) is 3.25. The van der Waals surface area contributed by atoms with E-state index in [2.05, 4.69) is 25.9 Å². The molecule has 4 N–H and O–H groups in total. The molecular weight excluding hydrogens is 484 g/mol. The summed E-state index contributed by atoms with van der Waals surface area (Å²) in [6.45, 7) is 3.87. The van der Waals surface area contributed by atoms with Gasteiger partial charge in [-0.25, -0.2) is 13.8 Å². The van der Waals surface area contributed by atoms with Crippen LogP contribution in [0.3, 0.4) is 0 Å². The third-order valence-corrected chi connectivity index (χ3v) is 6.32. The molecule has 3 rings (SSSR count). The highest BCUT2D eigenvalue weighted by Gasteiger charge is 2.30. The van der Waals surface area contributed by atoms with Crippen molar-refractivity contribution in [2.45, 2.75) is 51.2 Å². The molecule has 0 spiro atoms. The van der Waals surface area contributed by atoms with E-state index in [0.29, 0.717) is 25.7 Å². The van der Waals surface area contributed by atoms with Crippen molar-refractivity contribution < 1.29 is 27.9 Å². The molecule has 1 aliphatic carbocycles. The van der Waals surface area contributed by atoms with Crippen molar-refractivity contribution in [2.75, 3.05) is 19.0 Å². The lowest BCUT2D eigenvalue weighted by molar-refractivity contribution is -0.120. The first kappa shape index (κ1) is 26.6. The van der Waals surface area contributed by atoms with Gasteiger partial charge in [-0.1, -0.05) is 11.6 Å². The Morgan fingerprint density at radius 1 is 1.14 bits per heavy atom. The summed E-state index contributed by atoms with van der Waals surface area (Å²) < 4.78 is 32.0. The molecule has 1 aliphatic rings. The Hall–Kier alpha value is -3.05. The lowest BCUT2D eigenvalue weighted by Crippen LogP contribution is -2.42. The van der Waals surface area contributed by atoms with Crippen LogP contribution in [-0.2, 0) is 9.53 Å². The standard InChI is InChI=1S/C23H28ClF2N5O4/c1-23(2,35-3)10-27-21(33)18-19(29-11-28-18)22(34)30-13-6-4-12(5-7-13)20(32)31-17-9-16(26)15(25)8-14(17)24/h8-9,11-13H,4-7,10H2,1-3H3,(H,27,33)(H,28,29)(H,30,34)(H,31,32). The number of aromatic nitrogens is 2. The molecule has 9 nitrogen and oxygen atoms in total. The number of imidazole rings is 1. The normalized spacial score (nSPS) is 18.1. The molecule has 1 aromatic heterocycles. The number of aromatic amines is 1. The molecular formula is C23H28ClF2N5O4. The predicted molar refractivity (Wildman–Crippen MR) is 125 cm³/mol. The van der Waals surface area contributed by atoms with Crippen LogP contribution in [0.4, 0.5) is 14.5 Å². The molecule has 1 heterocycles. The second kappa shape index (κ2) is 11.1. The summed E-state index contributed by atoms with van der Waals surface area (Å²) in [4.78, 5) is 44.5. The molecule has 0 saturated heterocycles. The smallest absolute Gasteiger partial charge is 0.272 e. The van der Waals surface area contributed by atoms with E-state index < -0.39 is 29.0 Å². The molecule has 35 heavy (non-hydrogen) atoms. The minimum atomic E-state index is -1.11. The molecule has 1 saturated carbocycles. The Balaban J connectivity index is 1.52. The van der Waals surface area contributed by atoms with Gasteiger partial charge in [0.1, 0.15) is 5.69 Å². The molecule has 1 aromatic carbocycles. The number of halogens is 3. The van der Waals surface area contributed by atoms with Crippen LogP contribution in [0.25, 0.3) is 0 Å². The average molecular weight is 512 g/mol. The van der Waals surface area contributed by atoms with Crippen LogP contribution in [0, 0.1) is 17.6 Å². The monoisotopic (exact) mass is 511 g/mol. The number of nitrogens with zero attached hydrogens (tertiary/aromatic N) is 1. The van der Waals surface area contributed by atoms with Crippen LogP contribution in [0.5, 0.6) is 0 Å². The van der Waals surface area contributed by atoms with Gasteiger partial charge in [-0.2, -0.15) is 0 Å². The number of benzene rings is 1. The maximum absolute atomic E-state index is 13.5. The average Bonchev–Trinajstić information content (AvgIpc) is 3.32. The van der Waals surface area contributed by atoms with Gasteiger partial charge in [0.2, 0.25) is 5.91 Å². The largest absolute Gasteiger partial charge is 0.377 e. The quantitative estimate of drug-likeness (QED) is 0.404. The number of amides is 3. The van der Waals surface area contributed by atoms with Crippen LogP contribution >= 0.6 is 11.6 Å². The molecule has 1 fully saturated rings. The van der Waals surface area contributed by atoms with Gasteiger partial charge in [0.25, 0.3) is 11.8 Å². The van der Waals surface area contributed by atoms with Crippen molar-refractivity contribution in [3.8, 4) is 0 Å². The van der Waals surface area contributed by atoms with E-state index in [0.717, 1.165) is 12.1 Å². The van der Waals surface area contributed by atoms with E-state index in [1.54, 1.807) is 0 Å². The Bertz CT molecular complexity index is 1100. The maximum atomic E-state index is 13.5. The first-order valence-corrected chi connectivity index (χ1v) is 11.5. The summed E-state index contributed by atoms with van der Waals surface area (Å²) >= 11 is 5.89. The van der Waals surface area contributed by atoms with Crippen LogP contribution in [-0.4, -0.2) is 53.0 Å². The molecule has 3 amide bonds. The van der Waals surface area contributed by atoms with Crippen molar-refractivity contribution in [1.29, 1.82) is 0 Å². The Morgan fingerprint density at radius 3 is 2.46 bits per heavy atom. The second-order valence-corrected chi connectivity index (χ2v) is 9.44. The second-order valence-electron chi connectivity index (χ2n) is 9.03. The van der Waals surface area contributed by atoms with Crippen LogP contribution in [0.2, 0.25) is 5.02 Å². The number of ether oxygens (including phenoxy) is 1. The van der Waals surface area contributed by atoms with Crippen LogP contribution in [0.1, 0.15) is 60.5 Å². The summed E-state index contributed by atoms with van der Waals surface area (Å²) in [5.41, 5.74) is -0.542. The van der Waals surface area contributed by atoms with Crippen LogP contribution in [0.15, 0.2) is 18.5 Å². The fourth-order valence-corrected chi connectivity index (χ4v) is 3.90. The van der Waals surface area contributed by atoms with Crippen LogP contribution < -0.4 is 16.0 Å². The number of H-pyrrole nitrogens is 1. The molecule has 2 aromatic rings. The number of carbonyl (C=O) groups is 3. The van der Waals surface area contributed by atoms with E-state index in [1.807, 2.05) is 13.8 Å². The Labute approximate surface area is 206 Å². The third-order valence-electron chi connectivity index (χ3n) is 6.01. The zero-order valence-corrected chi connectivity index (χ0v) is 20.4. The summed E-state index contributed by atoms with van der Waals surface area (Å²) in [5, 5.41) is 8.02. The minimum Gasteiger partial charge on any atom is -0.377 e. The van der Waals surface area contributed by atoms with Gasteiger partial charge >= 0.3 is 0 Å². The van der Waals surface area contributed by atoms with E-state index >= 15 is 0 Å². The number of carbonyl (C=O) groups excluding carboxylic acids is 3. The fourth-order valence-electron chi connectivity index (χ4n) is 3.70. The lowest BCUT2D eigenvalue weighted by Gasteiger charge is -2.28. The van der Waals surface area contributed by atoms with Gasteiger partial charge < -0.3 is 25.7 Å². The molecule has 0 bridgehead atoms. The lowest BCUT2D eigenvalue weighted by atomic mass is 9.85. The molecule has 0 unspecified atom stereocenters. The molecule has 0 radical (unpaired) electrons. The number of methoxy groups -OCH3 is 1. The van der Waals surface area contributed by atoms with Gasteiger partial charge in [-0.3, -0.25) is 14.4 Å². The highest BCUT2D eigenvalue weighted by molar-refractivity contribution is 6.33. The van der Waals surface area contributed by atoms with E-state index in [-0.39, 0.29) is 46.5 Å². The third kappa shape index (κ3) is 6.76. The molecule has 12 heteroatoms. The highest BCUT2D eigenvalue weighted by atomic mass is 35.5. The van der Waals surface area contributed by atoms with Gasteiger partial charge in [0, 0.05) is 31.7 Å². The number of hydrogen-bond donors (Lipinski definition) is 4. The van der Waals surface area contributed by atoms with Gasteiger partial charge in [-0.15, -0.1) is 0 Å². The molecule has 0 atom stereocenters. The van der Waals surface area contributed by atoms with Crippen molar-refractivity contribution in [3.63, 3.8) is 0 Å². The Morgan fingerprint density at radius 2 is 1.80 bits per heavy atom. The number of rotatable bonds is 8. The summed E-state index contributed by atoms with van der Waals surface area (Å²) in [7, 11) is 1.54. The zero-order chi connectivity index (χ0) is 25.8. The predicted octanol–water partition coefficient (Wildman–Crippen LogP) is 3.42. The summed E-state index contributed by atoms with van der Waals surface area (Å²) in [5.74, 6) is -3.90. The summed E-state index contributed by atoms with van der Waals surface area (Å²) in [6, 6.07) is 1.44. The van der Waals surface area contributed by atoms with Gasteiger partial charge in [0.15, 0.2) is 17.3 Å². The number of anilines is 1. The number of nitrogens with one attached hydrogen (secondary N) is 4. The Kier molecular flexibility index (Phi) is 8.44. The van der Waals surface area contributed by atoms with Gasteiger partial charge in [0.05, 0.1) is 22.6 Å².